The summed E-state index contributed by atoms with van der Waals surface area (Å²) in [6.07, 6.45) is 2.12. The van der Waals surface area contributed by atoms with Gasteiger partial charge in [-0.3, -0.25) is 10.1 Å². The molecule has 0 atom stereocenters. The number of nitro groups is 1. The average Bonchev–Trinajstić information content (AvgIpc) is 2.55. The second-order valence-electron chi connectivity index (χ2n) is 6.50. The highest BCUT2D eigenvalue weighted by molar-refractivity contribution is 5.58. The van der Waals surface area contributed by atoms with Gasteiger partial charge in [-0.05, 0) is 56.0 Å². The van der Waals surface area contributed by atoms with Gasteiger partial charge >= 0.3 is 0 Å². The van der Waals surface area contributed by atoms with E-state index in [1.165, 1.54) is 11.3 Å². The maximum Gasteiger partial charge on any atom is 0.269 e. The first-order valence-electron chi connectivity index (χ1n) is 8.36. The minimum Gasteiger partial charge on any atom is -0.382 e. The molecule has 0 unspecified atom stereocenters. The molecule has 5 nitrogen and oxygen atoms in total. The van der Waals surface area contributed by atoms with Crippen molar-refractivity contribution < 1.29 is 4.92 Å². The van der Waals surface area contributed by atoms with Crippen LogP contribution in [0.3, 0.4) is 0 Å². The Hall–Kier alpha value is -2.56. The van der Waals surface area contributed by atoms with Crippen molar-refractivity contribution in [1.82, 2.24) is 0 Å². The van der Waals surface area contributed by atoms with Crippen LogP contribution in [0.15, 0.2) is 42.5 Å². The van der Waals surface area contributed by atoms with Crippen LogP contribution in [0.2, 0.25) is 0 Å². The zero-order valence-corrected chi connectivity index (χ0v) is 14.2. The number of benzene rings is 2. The third-order valence-electron chi connectivity index (χ3n) is 4.62. The van der Waals surface area contributed by atoms with E-state index >= 15 is 0 Å². The molecule has 0 bridgehead atoms. The molecule has 1 heterocycles. The zero-order chi connectivity index (χ0) is 17.1. The Morgan fingerprint density at radius 2 is 1.88 bits per heavy atom. The minimum absolute atomic E-state index is 0.159. The molecule has 1 aliphatic heterocycles. The first-order chi connectivity index (χ1) is 11.5. The first-order valence-corrected chi connectivity index (χ1v) is 8.36. The molecule has 0 spiro atoms. The van der Waals surface area contributed by atoms with Crippen molar-refractivity contribution >= 4 is 17.1 Å². The van der Waals surface area contributed by atoms with Crippen molar-refractivity contribution in [3.63, 3.8) is 0 Å². The molecule has 0 radical (unpaired) electrons. The van der Waals surface area contributed by atoms with Gasteiger partial charge in [-0.25, -0.2) is 0 Å². The van der Waals surface area contributed by atoms with Crippen LogP contribution in [0.5, 0.6) is 0 Å². The molecule has 126 valence electrons. The third-order valence-corrected chi connectivity index (χ3v) is 4.62. The number of non-ortho nitro benzene ring substituents is 1. The Bertz CT molecular complexity index is 737. The molecule has 0 saturated carbocycles. The Morgan fingerprint density at radius 1 is 1.12 bits per heavy atom. The monoisotopic (exact) mass is 325 g/mol. The summed E-state index contributed by atoms with van der Waals surface area (Å²) in [5.74, 6) is 0. The predicted octanol–water partition coefficient (Wildman–Crippen LogP) is 4.29. The van der Waals surface area contributed by atoms with Gasteiger partial charge < -0.3 is 10.2 Å². The average molecular weight is 325 g/mol. The van der Waals surface area contributed by atoms with E-state index in [4.69, 9.17) is 0 Å². The topological polar surface area (TPSA) is 58.4 Å². The summed E-state index contributed by atoms with van der Waals surface area (Å²) in [6, 6.07) is 14.1. The minimum atomic E-state index is -0.339. The molecule has 1 fully saturated rings. The molecule has 3 rings (SSSR count). The number of hydrogen-bond acceptors (Lipinski definition) is 4. The maximum atomic E-state index is 10.9. The van der Waals surface area contributed by atoms with Crippen LogP contribution in [0, 0.1) is 24.0 Å². The number of hydrogen-bond donors (Lipinski definition) is 1. The summed E-state index contributed by atoms with van der Waals surface area (Å²) in [5.41, 5.74) is 4.68. The fraction of sp³-hybridized carbons (Fsp3) is 0.368. The van der Waals surface area contributed by atoms with Crippen molar-refractivity contribution in [1.29, 1.82) is 0 Å². The van der Waals surface area contributed by atoms with Crippen molar-refractivity contribution in [2.45, 2.75) is 32.7 Å². The Kier molecular flexibility index (Phi) is 4.69. The Balaban J connectivity index is 1.62. The number of nitrogens with one attached hydrogen (secondary N) is 1. The summed E-state index contributed by atoms with van der Waals surface area (Å²) in [5, 5.41) is 14.5. The van der Waals surface area contributed by atoms with Gasteiger partial charge in [0.1, 0.15) is 0 Å². The first kappa shape index (κ1) is 16.3. The smallest absolute Gasteiger partial charge is 0.269 e. The van der Waals surface area contributed by atoms with Gasteiger partial charge in [0.25, 0.3) is 5.69 Å². The molecule has 0 aromatic heterocycles. The SMILES string of the molecule is Cc1cccc(NC2CCN(c3ccc([N+](=O)[O-])cc3C)CC2)c1. The van der Waals surface area contributed by atoms with Crippen LogP contribution in [0.4, 0.5) is 17.1 Å². The highest BCUT2D eigenvalue weighted by Gasteiger charge is 2.21. The van der Waals surface area contributed by atoms with Gasteiger partial charge in [0.2, 0.25) is 0 Å². The second-order valence-corrected chi connectivity index (χ2v) is 6.50. The highest BCUT2D eigenvalue weighted by atomic mass is 16.6. The quantitative estimate of drug-likeness (QED) is 0.673. The molecule has 1 aliphatic rings. The lowest BCUT2D eigenvalue weighted by Crippen LogP contribution is -2.39. The van der Waals surface area contributed by atoms with Crippen LogP contribution in [-0.4, -0.2) is 24.1 Å². The second kappa shape index (κ2) is 6.91. The summed E-state index contributed by atoms with van der Waals surface area (Å²) in [6.45, 7) is 5.97. The fourth-order valence-electron chi connectivity index (χ4n) is 3.34. The standard InChI is InChI=1S/C19H23N3O2/c1-14-4-3-5-17(12-14)20-16-8-10-21(11-9-16)19-7-6-18(22(23)24)13-15(19)2/h3-7,12-13,16,20H,8-11H2,1-2H3. The predicted molar refractivity (Wildman–Crippen MR) is 97.9 cm³/mol. The van der Waals surface area contributed by atoms with Gasteiger partial charge in [0.05, 0.1) is 4.92 Å². The van der Waals surface area contributed by atoms with Crippen molar-refractivity contribution in [3.8, 4) is 0 Å². The molecule has 1 N–H and O–H groups in total. The Morgan fingerprint density at radius 3 is 2.50 bits per heavy atom. The summed E-state index contributed by atoms with van der Waals surface area (Å²) in [7, 11) is 0. The lowest BCUT2D eigenvalue weighted by atomic mass is 10.0. The molecule has 2 aromatic rings. The number of piperidine rings is 1. The fourth-order valence-corrected chi connectivity index (χ4v) is 3.34. The lowest BCUT2D eigenvalue weighted by Gasteiger charge is -2.35. The van der Waals surface area contributed by atoms with E-state index in [-0.39, 0.29) is 10.6 Å². The van der Waals surface area contributed by atoms with Crippen LogP contribution < -0.4 is 10.2 Å². The molecule has 2 aromatic carbocycles. The van der Waals surface area contributed by atoms with E-state index in [1.807, 2.05) is 13.0 Å². The third kappa shape index (κ3) is 3.67. The van der Waals surface area contributed by atoms with E-state index in [1.54, 1.807) is 12.1 Å². The Labute approximate surface area is 142 Å². The zero-order valence-electron chi connectivity index (χ0n) is 14.2. The van der Waals surface area contributed by atoms with Crippen molar-refractivity contribution in [2.75, 3.05) is 23.3 Å². The van der Waals surface area contributed by atoms with Gasteiger partial charge in [0, 0.05) is 42.6 Å². The van der Waals surface area contributed by atoms with E-state index in [0.717, 1.165) is 37.2 Å². The van der Waals surface area contributed by atoms with Gasteiger partial charge in [0.15, 0.2) is 0 Å². The normalized spacial score (nSPS) is 15.3. The van der Waals surface area contributed by atoms with Gasteiger partial charge in [-0.2, -0.15) is 0 Å². The molecule has 5 heteroatoms. The largest absolute Gasteiger partial charge is 0.382 e. The van der Waals surface area contributed by atoms with Gasteiger partial charge in [-0.1, -0.05) is 12.1 Å². The van der Waals surface area contributed by atoms with Crippen LogP contribution in [-0.2, 0) is 0 Å². The van der Waals surface area contributed by atoms with Crippen molar-refractivity contribution in [2.24, 2.45) is 0 Å². The maximum absolute atomic E-state index is 10.9. The summed E-state index contributed by atoms with van der Waals surface area (Å²) >= 11 is 0. The lowest BCUT2D eigenvalue weighted by molar-refractivity contribution is -0.384. The van der Waals surface area contributed by atoms with Crippen molar-refractivity contribution in [3.05, 3.63) is 63.7 Å². The summed E-state index contributed by atoms with van der Waals surface area (Å²) < 4.78 is 0. The number of anilines is 2. The molecule has 1 saturated heterocycles. The van der Waals surface area contributed by atoms with Crippen LogP contribution >= 0.6 is 0 Å². The number of aryl methyl sites for hydroxylation is 2. The number of rotatable bonds is 4. The van der Waals surface area contributed by atoms with E-state index in [0.29, 0.717) is 6.04 Å². The molecule has 0 amide bonds. The number of nitrogens with zero attached hydrogens (tertiary/aromatic N) is 2. The molecular weight excluding hydrogens is 302 g/mol. The van der Waals surface area contributed by atoms with E-state index < -0.39 is 0 Å². The number of nitro benzene ring substituents is 1. The molecule has 0 aliphatic carbocycles. The molecule has 24 heavy (non-hydrogen) atoms. The summed E-state index contributed by atoms with van der Waals surface area (Å²) in [4.78, 5) is 12.9. The van der Waals surface area contributed by atoms with E-state index in [2.05, 4.69) is 41.4 Å². The van der Waals surface area contributed by atoms with E-state index in [9.17, 15) is 10.1 Å². The van der Waals surface area contributed by atoms with Crippen LogP contribution in [0.1, 0.15) is 24.0 Å². The highest BCUT2D eigenvalue weighted by Crippen LogP contribution is 2.28. The van der Waals surface area contributed by atoms with Crippen LogP contribution in [0.25, 0.3) is 0 Å². The molecular formula is C19H23N3O2. The van der Waals surface area contributed by atoms with Gasteiger partial charge in [-0.15, -0.1) is 0 Å².